The van der Waals surface area contributed by atoms with Crippen molar-refractivity contribution in [1.29, 1.82) is 0 Å². The molecule has 0 saturated carbocycles. The van der Waals surface area contributed by atoms with Crippen LogP contribution in [0, 0.1) is 17.6 Å². The van der Waals surface area contributed by atoms with Gasteiger partial charge in [0.05, 0.1) is 19.9 Å². The molecule has 0 aromatic heterocycles. The molecule has 0 radical (unpaired) electrons. The van der Waals surface area contributed by atoms with Gasteiger partial charge in [-0.3, -0.25) is 19.3 Å². The van der Waals surface area contributed by atoms with Crippen molar-refractivity contribution >= 4 is 34.7 Å². The summed E-state index contributed by atoms with van der Waals surface area (Å²) >= 11 is 0. The number of hydrogen-bond acceptors (Lipinski definition) is 5. The van der Waals surface area contributed by atoms with E-state index in [9.17, 15) is 23.2 Å². The molecule has 0 saturated heterocycles. The Bertz CT molecular complexity index is 1270. The molecule has 0 N–H and O–H groups in total. The van der Waals surface area contributed by atoms with Crippen LogP contribution >= 0.6 is 0 Å². The smallest absolute Gasteiger partial charge is 0.252 e. The zero-order chi connectivity index (χ0) is 24.6. The summed E-state index contributed by atoms with van der Waals surface area (Å²) in [5, 5.41) is 0. The summed E-state index contributed by atoms with van der Waals surface area (Å²) in [5.41, 5.74) is 0.654. The van der Waals surface area contributed by atoms with Gasteiger partial charge in [-0.15, -0.1) is 0 Å². The summed E-state index contributed by atoms with van der Waals surface area (Å²) in [6.07, 6.45) is 0. The van der Waals surface area contributed by atoms with Gasteiger partial charge in [-0.1, -0.05) is 0 Å². The lowest BCUT2D eigenvalue weighted by atomic mass is 9.88. The lowest BCUT2D eigenvalue weighted by Crippen LogP contribution is -2.50. The van der Waals surface area contributed by atoms with Gasteiger partial charge in [0.25, 0.3) is 5.91 Å². The van der Waals surface area contributed by atoms with Crippen molar-refractivity contribution in [2.45, 2.75) is 0 Å². The molecule has 1 unspecified atom stereocenters. The fourth-order valence-corrected chi connectivity index (χ4v) is 3.82. The molecular weight excluding hydrogens is 446 g/mol. The van der Waals surface area contributed by atoms with E-state index in [1.165, 1.54) is 38.3 Å². The molecule has 0 aliphatic carbocycles. The molecule has 3 aromatic rings. The van der Waals surface area contributed by atoms with Crippen LogP contribution in [0.5, 0.6) is 11.5 Å². The van der Waals surface area contributed by atoms with Crippen molar-refractivity contribution < 1.29 is 32.6 Å². The Balaban J connectivity index is 1.81. The lowest BCUT2D eigenvalue weighted by Gasteiger charge is -2.34. The Labute approximate surface area is 194 Å². The van der Waals surface area contributed by atoms with E-state index in [4.69, 9.17) is 9.47 Å². The zero-order valence-electron chi connectivity index (χ0n) is 18.5. The summed E-state index contributed by atoms with van der Waals surface area (Å²) in [6.45, 7) is 0. The van der Waals surface area contributed by atoms with Gasteiger partial charge in [0.15, 0.2) is 11.7 Å². The van der Waals surface area contributed by atoms with E-state index in [1.54, 1.807) is 30.3 Å². The van der Waals surface area contributed by atoms with E-state index in [2.05, 4.69) is 0 Å². The van der Waals surface area contributed by atoms with Crippen LogP contribution in [-0.4, -0.2) is 38.9 Å². The SMILES string of the molecule is COc1ccc(N2C(=O)C(C(=O)N(C)c3cc(F)cc(F)c3)C(=O)c3ccc(OC)cc32)cc1. The van der Waals surface area contributed by atoms with Crippen LogP contribution in [0.1, 0.15) is 10.4 Å². The van der Waals surface area contributed by atoms with E-state index in [-0.39, 0.29) is 16.9 Å². The van der Waals surface area contributed by atoms with E-state index in [1.807, 2.05) is 0 Å². The highest BCUT2D eigenvalue weighted by Gasteiger charge is 2.46. The molecule has 3 aromatic carbocycles. The number of amides is 2. The van der Waals surface area contributed by atoms with Crippen LogP contribution < -0.4 is 19.3 Å². The van der Waals surface area contributed by atoms with Crippen molar-refractivity contribution in [1.82, 2.24) is 0 Å². The van der Waals surface area contributed by atoms with Gasteiger partial charge >= 0.3 is 0 Å². The number of nitrogens with zero attached hydrogens (tertiary/aromatic N) is 2. The van der Waals surface area contributed by atoms with Crippen molar-refractivity contribution in [3.63, 3.8) is 0 Å². The largest absolute Gasteiger partial charge is 0.497 e. The lowest BCUT2D eigenvalue weighted by molar-refractivity contribution is -0.129. The first kappa shape index (κ1) is 22.9. The van der Waals surface area contributed by atoms with Crippen molar-refractivity contribution in [2.75, 3.05) is 31.1 Å². The number of carbonyl (C=O) groups is 3. The van der Waals surface area contributed by atoms with Crippen molar-refractivity contribution in [3.8, 4) is 11.5 Å². The Morgan fingerprint density at radius 1 is 0.882 bits per heavy atom. The molecule has 1 aliphatic rings. The van der Waals surface area contributed by atoms with Gasteiger partial charge in [0.1, 0.15) is 23.1 Å². The number of carbonyl (C=O) groups excluding carboxylic acids is 3. The summed E-state index contributed by atoms with van der Waals surface area (Å²) < 4.78 is 37.9. The second-order valence-corrected chi connectivity index (χ2v) is 7.58. The first-order valence-corrected chi connectivity index (χ1v) is 10.2. The number of methoxy groups -OCH3 is 2. The second-order valence-electron chi connectivity index (χ2n) is 7.58. The highest BCUT2D eigenvalue weighted by molar-refractivity contribution is 6.34. The summed E-state index contributed by atoms with van der Waals surface area (Å²) in [6, 6.07) is 13.6. The van der Waals surface area contributed by atoms with Gasteiger partial charge in [0.2, 0.25) is 5.91 Å². The molecule has 34 heavy (non-hydrogen) atoms. The number of anilines is 3. The second kappa shape index (κ2) is 8.93. The third kappa shape index (κ3) is 3.96. The fraction of sp³-hybridized carbons (Fsp3) is 0.160. The maximum atomic E-state index is 13.7. The number of ketones is 1. The number of hydrogen-bond donors (Lipinski definition) is 0. The van der Waals surface area contributed by atoms with E-state index in [0.717, 1.165) is 17.0 Å². The maximum Gasteiger partial charge on any atom is 0.252 e. The minimum atomic E-state index is -1.75. The third-order valence-electron chi connectivity index (χ3n) is 5.58. The zero-order valence-corrected chi connectivity index (χ0v) is 18.5. The Morgan fingerprint density at radius 2 is 1.47 bits per heavy atom. The van der Waals surface area contributed by atoms with Crippen LogP contribution in [0.25, 0.3) is 0 Å². The molecule has 1 atom stereocenters. The number of Topliss-reactive ketones (excluding diaryl/α,β-unsaturated/α-hetero) is 1. The number of ether oxygens (including phenoxy) is 2. The van der Waals surface area contributed by atoms with Crippen LogP contribution in [0.4, 0.5) is 25.8 Å². The molecule has 2 amide bonds. The van der Waals surface area contributed by atoms with Crippen molar-refractivity contribution in [3.05, 3.63) is 77.9 Å². The molecule has 0 fully saturated rings. The molecule has 4 rings (SSSR count). The molecular formula is C25H20F2N2O5. The average Bonchev–Trinajstić information content (AvgIpc) is 2.83. The highest BCUT2D eigenvalue weighted by atomic mass is 19.1. The Hall–Kier alpha value is -4.27. The van der Waals surface area contributed by atoms with Gasteiger partial charge < -0.3 is 14.4 Å². The van der Waals surface area contributed by atoms with Crippen LogP contribution in [0.15, 0.2) is 60.7 Å². The molecule has 9 heteroatoms. The number of fused-ring (bicyclic) bond motifs is 1. The first-order chi connectivity index (χ1) is 16.2. The quantitative estimate of drug-likeness (QED) is 0.529. The number of rotatable bonds is 5. The average molecular weight is 466 g/mol. The van der Waals surface area contributed by atoms with Gasteiger partial charge in [-0.05, 0) is 48.5 Å². The van der Waals surface area contributed by atoms with E-state index in [0.29, 0.717) is 23.3 Å². The van der Waals surface area contributed by atoms with Crippen LogP contribution in [-0.2, 0) is 9.59 Å². The fourth-order valence-electron chi connectivity index (χ4n) is 3.82. The minimum Gasteiger partial charge on any atom is -0.497 e. The maximum absolute atomic E-state index is 13.7. The normalized spacial score (nSPS) is 15.1. The first-order valence-electron chi connectivity index (χ1n) is 10.2. The topological polar surface area (TPSA) is 76.2 Å². The minimum absolute atomic E-state index is 0.125. The molecule has 0 spiro atoms. The predicted octanol–water partition coefficient (Wildman–Crippen LogP) is 4.12. The highest BCUT2D eigenvalue weighted by Crippen LogP contribution is 2.39. The van der Waals surface area contributed by atoms with Gasteiger partial charge in [-0.25, -0.2) is 8.78 Å². The Morgan fingerprint density at radius 3 is 2.06 bits per heavy atom. The molecule has 7 nitrogen and oxygen atoms in total. The summed E-state index contributed by atoms with van der Waals surface area (Å²) in [7, 11) is 4.20. The van der Waals surface area contributed by atoms with Gasteiger partial charge in [-0.2, -0.15) is 0 Å². The molecule has 0 bridgehead atoms. The number of halogens is 2. The Kier molecular flexibility index (Phi) is 6.02. The van der Waals surface area contributed by atoms with Crippen LogP contribution in [0.3, 0.4) is 0 Å². The molecule has 1 aliphatic heterocycles. The van der Waals surface area contributed by atoms with Crippen LogP contribution in [0.2, 0.25) is 0 Å². The predicted molar refractivity (Wildman–Crippen MR) is 121 cm³/mol. The molecule has 174 valence electrons. The standard InChI is InChI=1S/C25H20F2N2O5/c1-28(17-11-14(26)10-15(27)12-17)24(31)22-23(30)20-9-8-19(34-3)13-21(20)29(25(22)32)16-4-6-18(33-2)7-5-16/h4-13,22H,1-3H3. The third-order valence-corrected chi connectivity index (χ3v) is 5.58. The summed E-state index contributed by atoms with van der Waals surface area (Å²) in [5.74, 6) is -5.02. The van der Waals surface area contributed by atoms with E-state index >= 15 is 0 Å². The monoisotopic (exact) mass is 466 g/mol. The van der Waals surface area contributed by atoms with E-state index < -0.39 is 35.1 Å². The van der Waals surface area contributed by atoms with Crippen molar-refractivity contribution in [2.24, 2.45) is 5.92 Å². The molecule has 1 heterocycles. The van der Waals surface area contributed by atoms with Gasteiger partial charge in [0, 0.05) is 36.1 Å². The summed E-state index contributed by atoms with van der Waals surface area (Å²) in [4.78, 5) is 42.4. The number of benzene rings is 3.